The Morgan fingerprint density at radius 3 is 1.59 bits per heavy atom. The zero-order valence-corrected chi connectivity index (χ0v) is 11.5. The van der Waals surface area contributed by atoms with Crippen LogP contribution in [0.3, 0.4) is 0 Å². The second-order valence-corrected chi connectivity index (χ2v) is 4.53. The van der Waals surface area contributed by atoms with Gasteiger partial charge in [-0.25, -0.2) is 15.0 Å². The van der Waals surface area contributed by atoms with Crippen LogP contribution in [-0.4, -0.2) is 15.0 Å². The van der Waals surface area contributed by atoms with E-state index in [-0.39, 0.29) is 0 Å². The van der Waals surface area contributed by atoms with E-state index in [1.165, 1.54) is 19.0 Å². The molecule has 1 heterocycles. The van der Waals surface area contributed by atoms with E-state index in [1.807, 2.05) is 30.3 Å². The molecule has 0 amide bonds. The molecule has 0 N–H and O–H groups in total. The molecular weight excluding hydrogens is 270 g/mol. The zero-order valence-electron chi connectivity index (χ0n) is 8.80. The third-order valence-electron chi connectivity index (χ3n) is 1.66. The third kappa shape index (κ3) is 5.76. The summed E-state index contributed by atoms with van der Waals surface area (Å²) >= 11 is 12.4. The van der Waals surface area contributed by atoms with Crippen molar-refractivity contribution in [2.45, 2.75) is 0 Å². The minimum atomic E-state index is 0.638. The minimum absolute atomic E-state index is 0.638. The average Bonchev–Trinajstić information content (AvgIpc) is 2.41. The van der Waals surface area contributed by atoms with Crippen molar-refractivity contribution in [3.8, 4) is 0 Å². The summed E-state index contributed by atoms with van der Waals surface area (Å²) in [7, 11) is 0. The maximum atomic E-state index is 4.24. The largest absolute Gasteiger partial charge is 0.225 e. The lowest BCUT2D eigenvalue weighted by atomic mass is 10.2. The highest BCUT2D eigenvalue weighted by Gasteiger charge is 1.96. The Balaban J connectivity index is 0.000000202. The van der Waals surface area contributed by atoms with Gasteiger partial charge in [-0.3, -0.25) is 0 Å². The number of hydrogen-bond acceptors (Lipinski definition) is 6. The van der Waals surface area contributed by atoms with Crippen molar-refractivity contribution in [1.29, 1.82) is 0 Å². The summed E-state index contributed by atoms with van der Waals surface area (Å²) in [5, 5.41) is 0. The Bertz CT molecular complexity index is 429. The van der Waals surface area contributed by atoms with Crippen molar-refractivity contribution in [2.24, 2.45) is 0 Å². The molecule has 0 unspecified atom stereocenters. The highest BCUT2D eigenvalue weighted by Crippen LogP contribution is 2.26. The van der Waals surface area contributed by atoms with Gasteiger partial charge in [0, 0.05) is 9.14 Å². The van der Waals surface area contributed by atoms with Crippen LogP contribution in [0.15, 0.2) is 53.6 Å². The van der Waals surface area contributed by atoms with E-state index in [0.717, 1.165) is 10.5 Å². The van der Waals surface area contributed by atoms with Gasteiger partial charge >= 0.3 is 0 Å². The van der Waals surface area contributed by atoms with Crippen LogP contribution in [0, 0.1) is 0 Å². The average molecular weight is 281 g/mol. The molecule has 1 aromatic carbocycles. The monoisotopic (exact) mass is 281 g/mol. The van der Waals surface area contributed by atoms with Crippen LogP contribution >= 0.6 is 37.9 Å². The maximum Gasteiger partial charge on any atom is 0.119 e. The molecule has 2 aromatic rings. The van der Waals surface area contributed by atoms with Crippen molar-refractivity contribution >= 4 is 42.8 Å². The van der Waals surface area contributed by atoms with Gasteiger partial charge in [0.25, 0.3) is 0 Å². The summed E-state index contributed by atoms with van der Waals surface area (Å²) in [5.74, 6) is 0. The van der Waals surface area contributed by atoms with E-state index < -0.39 is 0 Å². The summed E-state index contributed by atoms with van der Waals surface area (Å²) < 4.78 is 0.638. The first-order chi connectivity index (χ1) is 8.22. The van der Waals surface area contributed by atoms with Crippen LogP contribution < -0.4 is 0 Å². The predicted molar refractivity (Wildman–Crippen MR) is 80.1 cm³/mol. The first kappa shape index (κ1) is 14.1. The van der Waals surface area contributed by atoms with Crippen molar-refractivity contribution in [1.82, 2.24) is 15.0 Å². The molecule has 0 spiro atoms. The standard InChI is InChI=1S/C8H8S3.C3H3N3/c9-7(8(10)11)6-4-2-1-3-5-6;1-4-2-6-3-5-1/h1-5,9-11H;1-3H. The second-order valence-electron chi connectivity index (χ2n) is 2.83. The fourth-order valence-corrected chi connectivity index (χ4v) is 1.34. The van der Waals surface area contributed by atoms with Crippen LogP contribution in [0.4, 0.5) is 0 Å². The SMILES string of the molecule is SC(S)=C(S)c1ccccc1.c1ncncn1. The molecule has 0 saturated carbocycles. The van der Waals surface area contributed by atoms with Gasteiger partial charge < -0.3 is 0 Å². The van der Waals surface area contributed by atoms with Crippen LogP contribution in [0.1, 0.15) is 5.56 Å². The maximum absolute atomic E-state index is 4.24. The molecule has 0 aliphatic carbocycles. The van der Waals surface area contributed by atoms with E-state index >= 15 is 0 Å². The van der Waals surface area contributed by atoms with Gasteiger partial charge in [-0.05, 0) is 5.56 Å². The number of thiol groups is 3. The topological polar surface area (TPSA) is 38.7 Å². The molecule has 1 aromatic heterocycles. The number of benzene rings is 1. The third-order valence-corrected chi connectivity index (χ3v) is 2.94. The van der Waals surface area contributed by atoms with E-state index in [9.17, 15) is 0 Å². The summed E-state index contributed by atoms with van der Waals surface area (Å²) in [5.41, 5.74) is 1.04. The molecule has 0 radical (unpaired) electrons. The van der Waals surface area contributed by atoms with Crippen molar-refractivity contribution in [3.05, 3.63) is 59.1 Å². The van der Waals surface area contributed by atoms with E-state index in [4.69, 9.17) is 0 Å². The van der Waals surface area contributed by atoms with Crippen molar-refractivity contribution in [3.63, 3.8) is 0 Å². The molecule has 6 heteroatoms. The van der Waals surface area contributed by atoms with Crippen LogP contribution in [0.2, 0.25) is 0 Å². The molecule has 0 aliphatic rings. The number of nitrogens with zero attached hydrogens (tertiary/aromatic N) is 3. The molecule has 88 valence electrons. The fourth-order valence-electron chi connectivity index (χ4n) is 0.930. The summed E-state index contributed by atoms with van der Waals surface area (Å²) in [6, 6.07) is 9.80. The molecule has 0 fully saturated rings. The smallest absolute Gasteiger partial charge is 0.119 e. The molecule has 0 atom stereocenters. The van der Waals surface area contributed by atoms with Gasteiger partial charge in [0.1, 0.15) is 19.0 Å². The Labute approximate surface area is 117 Å². The van der Waals surface area contributed by atoms with Crippen molar-refractivity contribution in [2.75, 3.05) is 0 Å². The number of hydrogen-bond donors (Lipinski definition) is 3. The Kier molecular flexibility index (Phi) is 6.76. The van der Waals surface area contributed by atoms with E-state index in [0.29, 0.717) is 4.24 Å². The lowest BCUT2D eigenvalue weighted by molar-refractivity contribution is 1.05. The second kappa shape index (κ2) is 8.16. The van der Waals surface area contributed by atoms with Crippen molar-refractivity contribution < 1.29 is 0 Å². The first-order valence-electron chi connectivity index (χ1n) is 4.63. The molecule has 2 rings (SSSR count). The van der Waals surface area contributed by atoms with Gasteiger partial charge in [-0.2, -0.15) is 0 Å². The molecule has 3 nitrogen and oxygen atoms in total. The fraction of sp³-hybridized carbons (Fsp3) is 0. The Morgan fingerprint density at radius 1 is 0.765 bits per heavy atom. The van der Waals surface area contributed by atoms with Crippen LogP contribution in [0.5, 0.6) is 0 Å². The quantitative estimate of drug-likeness (QED) is 0.704. The minimum Gasteiger partial charge on any atom is -0.225 e. The van der Waals surface area contributed by atoms with E-state index in [1.54, 1.807) is 0 Å². The van der Waals surface area contributed by atoms with Gasteiger partial charge in [-0.15, -0.1) is 37.9 Å². The lowest BCUT2D eigenvalue weighted by Crippen LogP contribution is -1.74. The molecule has 17 heavy (non-hydrogen) atoms. The summed E-state index contributed by atoms with van der Waals surface area (Å²) in [6.45, 7) is 0. The number of rotatable bonds is 1. The van der Waals surface area contributed by atoms with E-state index in [2.05, 4.69) is 52.8 Å². The summed E-state index contributed by atoms with van der Waals surface area (Å²) in [6.07, 6.45) is 4.31. The van der Waals surface area contributed by atoms with Gasteiger partial charge in [0.05, 0.1) is 0 Å². The molecular formula is C11H11N3S3. The molecule has 0 aliphatic heterocycles. The van der Waals surface area contributed by atoms with Crippen LogP contribution in [-0.2, 0) is 0 Å². The van der Waals surface area contributed by atoms with Gasteiger partial charge in [0.15, 0.2) is 0 Å². The van der Waals surface area contributed by atoms with Crippen LogP contribution in [0.25, 0.3) is 4.91 Å². The summed E-state index contributed by atoms with van der Waals surface area (Å²) in [4.78, 5) is 11.5. The normalized spacial score (nSPS) is 8.88. The first-order valence-corrected chi connectivity index (χ1v) is 5.97. The Hall–Kier alpha value is -0.980. The number of aromatic nitrogens is 3. The van der Waals surface area contributed by atoms with Gasteiger partial charge in [-0.1, -0.05) is 30.3 Å². The Morgan fingerprint density at radius 2 is 1.24 bits per heavy atom. The lowest BCUT2D eigenvalue weighted by Gasteiger charge is -1.99. The highest BCUT2D eigenvalue weighted by atomic mass is 32.2. The zero-order chi connectivity index (χ0) is 12.5. The molecule has 0 saturated heterocycles. The predicted octanol–water partition coefficient (Wildman–Crippen LogP) is 2.97. The van der Waals surface area contributed by atoms with Gasteiger partial charge in [0.2, 0.25) is 0 Å². The molecule has 0 bridgehead atoms. The highest BCUT2D eigenvalue weighted by molar-refractivity contribution is 8.07.